The number of aliphatic imine (C=N–C) groups is 1. The summed E-state index contributed by atoms with van der Waals surface area (Å²) in [6.45, 7) is 1.19. The van der Waals surface area contributed by atoms with Gasteiger partial charge in [0.05, 0.1) is 14.2 Å². The third kappa shape index (κ3) is 7.02. The number of benzene rings is 2. The molecule has 3 rings (SSSR count). The molecule has 1 amide bonds. The fourth-order valence-electron chi connectivity index (χ4n) is 3.26. The fraction of sp³-hybridized carbons (Fsp3) is 0.391. The van der Waals surface area contributed by atoms with Crippen molar-refractivity contribution in [3.8, 4) is 11.5 Å². The minimum absolute atomic E-state index is 0. The van der Waals surface area contributed by atoms with Crippen molar-refractivity contribution in [2.75, 3.05) is 26.6 Å². The van der Waals surface area contributed by atoms with Crippen LogP contribution in [0.25, 0.3) is 0 Å². The average Bonchev–Trinajstić information content (AvgIpc) is 2.72. The Morgan fingerprint density at radius 3 is 2.26 bits per heavy atom. The molecule has 0 bridgehead atoms. The summed E-state index contributed by atoms with van der Waals surface area (Å²) in [5, 5.41) is 9.62. The smallest absolute Gasteiger partial charge is 0.227 e. The number of amides is 1. The predicted molar refractivity (Wildman–Crippen MR) is 134 cm³/mol. The summed E-state index contributed by atoms with van der Waals surface area (Å²) in [6, 6.07) is 13.7. The number of carbonyl (C=O) groups excluding carboxylic acids is 1. The van der Waals surface area contributed by atoms with E-state index in [-0.39, 0.29) is 35.8 Å². The SMILES string of the molecule is CN=C(NCc1cccc(NC(=O)C2CCC2)c1)NCc1ccc(OC)c(OC)c1.I. The summed E-state index contributed by atoms with van der Waals surface area (Å²) in [5.74, 6) is 2.38. The number of guanidine groups is 1. The fourth-order valence-corrected chi connectivity index (χ4v) is 3.26. The van der Waals surface area contributed by atoms with Gasteiger partial charge in [0.2, 0.25) is 5.91 Å². The molecule has 2 aromatic carbocycles. The van der Waals surface area contributed by atoms with Gasteiger partial charge in [0.25, 0.3) is 0 Å². The van der Waals surface area contributed by atoms with Gasteiger partial charge in [-0.1, -0.05) is 24.6 Å². The van der Waals surface area contributed by atoms with E-state index >= 15 is 0 Å². The van der Waals surface area contributed by atoms with Crippen LogP contribution in [0.5, 0.6) is 11.5 Å². The molecule has 1 aliphatic carbocycles. The van der Waals surface area contributed by atoms with E-state index in [0.717, 1.165) is 36.1 Å². The zero-order valence-corrected chi connectivity index (χ0v) is 20.6. The normalized spacial score (nSPS) is 13.5. The van der Waals surface area contributed by atoms with Crippen LogP contribution in [0.2, 0.25) is 0 Å². The Bertz CT molecular complexity index is 900. The standard InChI is InChI=1S/C23H30N4O3.HI/c1-24-23(26-15-17-10-11-20(29-2)21(13-17)30-3)25-14-16-6-4-9-19(12-16)27-22(28)18-7-5-8-18;/h4,6,9-13,18H,5,7-8,14-15H2,1-3H3,(H,27,28)(H2,24,25,26);1H. The molecular formula is C23H31IN4O3. The molecule has 168 valence electrons. The van der Waals surface area contributed by atoms with Crippen LogP contribution in [0.3, 0.4) is 0 Å². The van der Waals surface area contributed by atoms with Crippen LogP contribution < -0.4 is 25.4 Å². The van der Waals surface area contributed by atoms with Gasteiger partial charge in [-0.2, -0.15) is 0 Å². The van der Waals surface area contributed by atoms with E-state index in [9.17, 15) is 4.79 Å². The third-order valence-corrected chi connectivity index (χ3v) is 5.26. The topological polar surface area (TPSA) is 84.0 Å². The molecule has 0 heterocycles. The zero-order chi connectivity index (χ0) is 21.3. The van der Waals surface area contributed by atoms with Crippen LogP contribution in [-0.4, -0.2) is 33.1 Å². The lowest BCUT2D eigenvalue weighted by atomic mass is 9.85. The van der Waals surface area contributed by atoms with Crippen molar-refractivity contribution in [1.29, 1.82) is 0 Å². The Hall–Kier alpha value is -2.49. The number of halogens is 1. The Balaban J connectivity index is 0.00000341. The maximum Gasteiger partial charge on any atom is 0.227 e. The molecule has 1 saturated carbocycles. The molecule has 0 spiro atoms. The van der Waals surface area contributed by atoms with E-state index in [2.05, 4.69) is 20.9 Å². The van der Waals surface area contributed by atoms with Crippen molar-refractivity contribution in [2.24, 2.45) is 10.9 Å². The lowest BCUT2D eigenvalue weighted by Gasteiger charge is -2.24. The largest absolute Gasteiger partial charge is 0.493 e. The van der Waals surface area contributed by atoms with Crippen molar-refractivity contribution < 1.29 is 14.3 Å². The van der Waals surface area contributed by atoms with E-state index in [1.54, 1.807) is 21.3 Å². The van der Waals surface area contributed by atoms with Gasteiger partial charge in [0.15, 0.2) is 17.5 Å². The quantitative estimate of drug-likeness (QED) is 0.270. The first-order valence-corrected chi connectivity index (χ1v) is 10.2. The zero-order valence-electron chi connectivity index (χ0n) is 18.2. The molecule has 0 saturated heterocycles. The minimum atomic E-state index is 0. The van der Waals surface area contributed by atoms with Crippen LogP contribution in [0.1, 0.15) is 30.4 Å². The van der Waals surface area contributed by atoms with E-state index < -0.39 is 0 Å². The molecule has 0 unspecified atom stereocenters. The highest BCUT2D eigenvalue weighted by Gasteiger charge is 2.25. The van der Waals surface area contributed by atoms with E-state index in [1.165, 1.54) is 0 Å². The maximum atomic E-state index is 12.2. The maximum absolute atomic E-state index is 12.2. The first-order valence-electron chi connectivity index (χ1n) is 10.2. The second-order valence-corrected chi connectivity index (χ2v) is 7.29. The van der Waals surface area contributed by atoms with Crippen molar-refractivity contribution in [2.45, 2.75) is 32.4 Å². The third-order valence-electron chi connectivity index (χ3n) is 5.26. The van der Waals surface area contributed by atoms with Gasteiger partial charge in [-0.25, -0.2) is 0 Å². The summed E-state index contributed by atoms with van der Waals surface area (Å²) in [5.41, 5.74) is 2.95. The van der Waals surface area contributed by atoms with E-state index in [1.807, 2.05) is 42.5 Å². The number of anilines is 1. The highest BCUT2D eigenvalue weighted by Crippen LogP contribution is 2.28. The number of hydrogen-bond donors (Lipinski definition) is 3. The van der Waals surface area contributed by atoms with Gasteiger partial charge in [0.1, 0.15) is 0 Å². The van der Waals surface area contributed by atoms with Gasteiger partial charge < -0.3 is 25.4 Å². The van der Waals surface area contributed by atoms with Gasteiger partial charge >= 0.3 is 0 Å². The molecular weight excluding hydrogens is 507 g/mol. The predicted octanol–water partition coefficient (Wildman–Crippen LogP) is 3.93. The highest BCUT2D eigenvalue weighted by atomic mass is 127. The molecule has 0 radical (unpaired) electrons. The summed E-state index contributed by atoms with van der Waals surface area (Å²) >= 11 is 0. The number of nitrogens with one attached hydrogen (secondary N) is 3. The van der Waals surface area contributed by atoms with E-state index in [4.69, 9.17) is 9.47 Å². The first kappa shape index (κ1) is 24.8. The molecule has 1 aliphatic rings. The lowest BCUT2D eigenvalue weighted by Crippen LogP contribution is -2.36. The van der Waals surface area contributed by atoms with Crippen LogP contribution >= 0.6 is 24.0 Å². The lowest BCUT2D eigenvalue weighted by molar-refractivity contribution is -0.122. The molecule has 31 heavy (non-hydrogen) atoms. The monoisotopic (exact) mass is 538 g/mol. The summed E-state index contributed by atoms with van der Waals surface area (Å²) in [6.07, 6.45) is 3.14. The van der Waals surface area contributed by atoms with Gasteiger partial charge in [0, 0.05) is 31.7 Å². The number of hydrogen-bond acceptors (Lipinski definition) is 4. The van der Waals surface area contributed by atoms with Gasteiger partial charge in [-0.05, 0) is 48.2 Å². The molecule has 8 heteroatoms. The number of methoxy groups -OCH3 is 2. The Morgan fingerprint density at radius 2 is 1.68 bits per heavy atom. The van der Waals surface area contributed by atoms with Crippen molar-refractivity contribution in [3.63, 3.8) is 0 Å². The molecule has 2 aromatic rings. The summed E-state index contributed by atoms with van der Waals surface area (Å²) in [4.78, 5) is 16.4. The molecule has 0 aromatic heterocycles. The first-order chi connectivity index (χ1) is 14.6. The molecule has 3 N–H and O–H groups in total. The highest BCUT2D eigenvalue weighted by molar-refractivity contribution is 14.0. The average molecular weight is 538 g/mol. The molecule has 0 atom stereocenters. The summed E-state index contributed by atoms with van der Waals surface area (Å²) in [7, 11) is 4.98. The number of carbonyl (C=O) groups is 1. The second kappa shape index (κ2) is 12.4. The van der Waals surface area contributed by atoms with Crippen LogP contribution in [0.4, 0.5) is 5.69 Å². The summed E-state index contributed by atoms with van der Waals surface area (Å²) < 4.78 is 10.6. The minimum Gasteiger partial charge on any atom is -0.493 e. The number of rotatable bonds is 8. The number of nitrogens with zero attached hydrogens (tertiary/aromatic N) is 1. The Kier molecular flexibility index (Phi) is 9.90. The van der Waals surface area contributed by atoms with Gasteiger partial charge in [-0.15, -0.1) is 24.0 Å². The van der Waals surface area contributed by atoms with Crippen molar-refractivity contribution >= 4 is 41.5 Å². The van der Waals surface area contributed by atoms with Crippen LogP contribution in [0.15, 0.2) is 47.5 Å². The molecule has 1 fully saturated rings. The van der Waals surface area contributed by atoms with Crippen molar-refractivity contribution in [1.82, 2.24) is 10.6 Å². The molecule has 0 aliphatic heterocycles. The van der Waals surface area contributed by atoms with Crippen LogP contribution in [0, 0.1) is 5.92 Å². The Labute approximate surface area is 201 Å². The molecule has 7 nitrogen and oxygen atoms in total. The Morgan fingerprint density at radius 1 is 1.00 bits per heavy atom. The van der Waals surface area contributed by atoms with Gasteiger partial charge in [-0.3, -0.25) is 9.79 Å². The van der Waals surface area contributed by atoms with Crippen molar-refractivity contribution in [3.05, 3.63) is 53.6 Å². The second-order valence-electron chi connectivity index (χ2n) is 7.29. The van der Waals surface area contributed by atoms with Crippen LogP contribution in [-0.2, 0) is 17.9 Å². The van der Waals surface area contributed by atoms with E-state index in [0.29, 0.717) is 30.5 Å². The number of ether oxygens (including phenoxy) is 2.